The van der Waals surface area contributed by atoms with Crippen LogP contribution in [0.4, 0.5) is 5.69 Å². The van der Waals surface area contributed by atoms with Gasteiger partial charge in [0, 0.05) is 56.5 Å². The Hall–Kier alpha value is -3.11. The quantitative estimate of drug-likeness (QED) is 0.658. The minimum Gasteiger partial charge on any atom is -0.486 e. The summed E-state index contributed by atoms with van der Waals surface area (Å²) in [4.78, 5) is 28.7. The molecule has 3 aliphatic rings. The molecule has 3 heterocycles. The van der Waals surface area contributed by atoms with Crippen LogP contribution >= 0.6 is 0 Å². The smallest absolute Gasteiger partial charge is 0.253 e. The van der Waals surface area contributed by atoms with Gasteiger partial charge in [0.1, 0.15) is 13.2 Å². The normalized spacial score (nSPS) is 19.2. The number of fused-ring (bicyclic) bond motifs is 1. The van der Waals surface area contributed by atoms with Crippen LogP contribution in [-0.2, 0) is 14.8 Å². The summed E-state index contributed by atoms with van der Waals surface area (Å²) in [6.07, 6.45) is 2.45. The number of rotatable bonds is 4. The van der Waals surface area contributed by atoms with Crippen molar-refractivity contribution in [2.75, 3.05) is 50.8 Å². The number of anilines is 1. The lowest BCUT2D eigenvalue weighted by Gasteiger charge is -2.34. The van der Waals surface area contributed by atoms with Crippen LogP contribution in [0.3, 0.4) is 0 Å². The van der Waals surface area contributed by atoms with E-state index in [2.05, 4.69) is 0 Å². The van der Waals surface area contributed by atoms with Crippen LogP contribution in [0.2, 0.25) is 0 Å². The number of hydrogen-bond acceptors (Lipinski definition) is 6. The summed E-state index contributed by atoms with van der Waals surface area (Å²) < 4.78 is 38.6. The molecule has 2 saturated heterocycles. The van der Waals surface area contributed by atoms with Crippen molar-refractivity contribution < 1.29 is 27.5 Å². The Morgan fingerprint density at radius 2 is 1.53 bits per heavy atom. The van der Waals surface area contributed by atoms with Gasteiger partial charge in [0.2, 0.25) is 15.9 Å². The van der Waals surface area contributed by atoms with Gasteiger partial charge in [-0.2, -0.15) is 4.31 Å². The van der Waals surface area contributed by atoms with Gasteiger partial charge in [-0.15, -0.1) is 0 Å². The number of hydrogen-bond donors (Lipinski definition) is 0. The molecule has 180 valence electrons. The molecule has 2 aromatic carbocycles. The lowest BCUT2D eigenvalue weighted by molar-refractivity contribution is -0.119. The number of piperazine rings is 1. The molecule has 2 fully saturated rings. The highest BCUT2D eigenvalue weighted by Gasteiger charge is 2.31. The highest BCUT2D eigenvalue weighted by molar-refractivity contribution is 7.89. The van der Waals surface area contributed by atoms with Crippen LogP contribution in [0.15, 0.2) is 47.4 Å². The van der Waals surface area contributed by atoms with E-state index >= 15 is 0 Å². The molecule has 0 bridgehead atoms. The Balaban J connectivity index is 1.22. The first-order valence-corrected chi connectivity index (χ1v) is 13.0. The number of benzene rings is 2. The molecule has 0 atom stereocenters. The van der Waals surface area contributed by atoms with Crippen molar-refractivity contribution in [3.8, 4) is 11.5 Å². The molecule has 34 heavy (non-hydrogen) atoms. The van der Waals surface area contributed by atoms with Gasteiger partial charge >= 0.3 is 0 Å². The number of amides is 2. The highest BCUT2D eigenvalue weighted by Crippen LogP contribution is 2.33. The van der Waals surface area contributed by atoms with Crippen LogP contribution in [0.25, 0.3) is 0 Å². The summed E-state index contributed by atoms with van der Waals surface area (Å²) in [5.74, 6) is 0.931. The Labute approximate surface area is 198 Å². The van der Waals surface area contributed by atoms with Crippen LogP contribution in [-0.4, -0.2) is 75.4 Å². The minimum absolute atomic E-state index is 0.112. The monoisotopic (exact) mass is 485 g/mol. The molecule has 0 aliphatic carbocycles. The summed E-state index contributed by atoms with van der Waals surface area (Å²) in [5, 5.41) is 0. The molecular weight excluding hydrogens is 458 g/mol. The topological polar surface area (TPSA) is 96.5 Å². The summed E-state index contributed by atoms with van der Waals surface area (Å²) in [5.41, 5.74) is 1.33. The molecule has 2 amide bonds. The molecule has 0 spiro atoms. The van der Waals surface area contributed by atoms with Gasteiger partial charge < -0.3 is 19.3 Å². The van der Waals surface area contributed by atoms with Gasteiger partial charge in [-0.1, -0.05) is 0 Å². The van der Waals surface area contributed by atoms with Crippen molar-refractivity contribution in [3.63, 3.8) is 0 Å². The third-order valence-electron chi connectivity index (χ3n) is 6.43. The second kappa shape index (κ2) is 9.27. The van der Waals surface area contributed by atoms with Crippen LogP contribution in [0.1, 0.15) is 29.6 Å². The molecule has 5 rings (SSSR count). The fourth-order valence-corrected chi connectivity index (χ4v) is 5.95. The lowest BCUT2D eigenvalue weighted by atomic mass is 10.1. The Morgan fingerprint density at radius 1 is 0.824 bits per heavy atom. The summed E-state index contributed by atoms with van der Waals surface area (Å²) in [6, 6.07) is 11.7. The summed E-state index contributed by atoms with van der Waals surface area (Å²) in [6.45, 7) is 2.54. The summed E-state index contributed by atoms with van der Waals surface area (Å²) >= 11 is 0. The van der Waals surface area contributed by atoms with Gasteiger partial charge in [0.05, 0.1) is 4.90 Å². The molecule has 0 saturated carbocycles. The zero-order valence-corrected chi connectivity index (χ0v) is 19.6. The van der Waals surface area contributed by atoms with E-state index in [1.54, 1.807) is 40.1 Å². The van der Waals surface area contributed by atoms with Crippen LogP contribution < -0.4 is 14.4 Å². The number of sulfonamides is 1. The molecule has 2 aromatic rings. The molecule has 9 nitrogen and oxygen atoms in total. The SMILES string of the molecule is O=C(c1ccc(N2CCCCC2=O)cc1)N1CCN(S(=O)(=O)c2ccc3c(c2)OCCO3)CC1. The minimum atomic E-state index is -3.71. The molecule has 0 unspecified atom stereocenters. The van der Waals surface area contributed by atoms with Crippen molar-refractivity contribution in [2.45, 2.75) is 24.2 Å². The highest BCUT2D eigenvalue weighted by atomic mass is 32.2. The van der Waals surface area contributed by atoms with E-state index in [0.717, 1.165) is 18.5 Å². The molecule has 0 N–H and O–H groups in total. The van der Waals surface area contributed by atoms with E-state index in [4.69, 9.17) is 9.47 Å². The van der Waals surface area contributed by atoms with E-state index < -0.39 is 10.0 Å². The molecule has 10 heteroatoms. The van der Waals surface area contributed by atoms with E-state index in [9.17, 15) is 18.0 Å². The number of carbonyl (C=O) groups excluding carboxylic acids is 2. The number of piperidine rings is 1. The third-order valence-corrected chi connectivity index (χ3v) is 8.32. The average molecular weight is 486 g/mol. The fourth-order valence-electron chi connectivity index (χ4n) is 4.51. The second-order valence-corrected chi connectivity index (χ2v) is 10.5. The first-order chi connectivity index (χ1) is 16.4. The number of ether oxygens (including phenoxy) is 2. The Kier molecular flexibility index (Phi) is 6.18. The molecule has 3 aliphatic heterocycles. The van der Waals surface area contributed by atoms with Crippen molar-refractivity contribution in [2.24, 2.45) is 0 Å². The summed E-state index contributed by atoms with van der Waals surface area (Å²) in [7, 11) is -3.71. The zero-order chi connectivity index (χ0) is 23.7. The Morgan fingerprint density at radius 3 is 2.24 bits per heavy atom. The van der Waals surface area contributed by atoms with E-state index in [0.29, 0.717) is 56.3 Å². The lowest BCUT2D eigenvalue weighted by Crippen LogP contribution is -2.50. The van der Waals surface area contributed by atoms with E-state index in [1.807, 2.05) is 0 Å². The first-order valence-electron chi connectivity index (χ1n) is 11.5. The van der Waals surface area contributed by atoms with Crippen LogP contribution in [0, 0.1) is 0 Å². The molecule has 0 aromatic heterocycles. The van der Waals surface area contributed by atoms with Crippen molar-refractivity contribution in [3.05, 3.63) is 48.0 Å². The average Bonchev–Trinajstić information content (AvgIpc) is 2.88. The Bertz CT molecular complexity index is 1190. The van der Waals surface area contributed by atoms with Crippen molar-refractivity contribution in [1.82, 2.24) is 9.21 Å². The molecule has 0 radical (unpaired) electrons. The van der Waals surface area contributed by atoms with E-state index in [-0.39, 0.29) is 29.8 Å². The third kappa shape index (κ3) is 4.35. The fraction of sp³-hybridized carbons (Fsp3) is 0.417. The number of carbonyl (C=O) groups is 2. The van der Waals surface area contributed by atoms with Gasteiger partial charge in [0.15, 0.2) is 11.5 Å². The molecular formula is C24H27N3O6S. The maximum atomic E-state index is 13.1. The van der Waals surface area contributed by atoms with Gasteiger partial charge in [-0.25, -0.2) is 8.42 Å². The van der Waals surface area contributed by atoms with Crippen molar-refractivity contribution >= 4 is 27.5 Å². The van der Waals surface area contributed by atoms with Gasteiger partial charge in [-0.3, -0.25) is 9.59 Å². The first kappa shape index (κ1) is 22.7. The van der Waals surface area contributed by atoms with Gasteiger partial charge in [-0.05, 0) is 49.2 Å². The maximum Gasteiger partial charge on any atom is 0.253 e. The number of nitrogens with zero attached hydrogens (tertiary/aromatic N) is 3. The van der Waals surface area contributed by atoms with Gasteiger partial charge in [0.25, 0.3) is 5.91 Å². The largest absolute Gasteiger partial charge is 0.486 e. The standard InChI is InChI=1S/C24H27N3O6S/c28-23-3-1-2-10-27(23)19-6-4-18(5-7-19)24(29)25-11-13-26(14-12-25)34(30,31)20-8-9-21-22(17-20)33-16-15-32-21/h4-9,17H,1-3,10-16H2. The second-order valence-electron chi connectivity index (χ2n) is 8.55. The van der Waals surface area contributed by atoms with Crippen molar-refractivity contribution in [1.29, 1.82) is 0 Å². The predicted octanol–water partition coefficient (Wildman–Crippen LogP) is 2.12. The zero-order valence-electron chi connectivity index (χ0n) is 18.8. The van der Waals surface area contributed by atoms with Crippen LogP contribution in [0.5, 0.6) is 11.5 Å². The predicted molar refractivity (Wildman–Crippen MR) is 125 cm³/mol. The van der Waals surface area contributed by atoms with E-state index in [1.165, 1.54) is 16.4 Å². The maximum absolute atomic E-state index is 13.1.